The van der Waals surface area contributed by atoms with E-state index in [0.29, 0.717) is 5.02 Å². The Bertz CT molecular complexity index is 359. The van der Waals surface area contributed by atoms with Gasteiger partial charge in [0.05, 0.1) is 0 Å². The van der Waals surface area contributed by atoms with Crippen molar-refractivity contribution >= 4 is 23.3 Å². The smallest absolute Gasteiger partial charge is 0.354 e. The van der Waals surface area contributed by atoms with Crippen LogP contribution in [0.1, 0.15) is 5.56 Å². The number of aliphatic carboxylic acids is 1. The number of carboxylic acid groups (broad SMARTS) is 1. The lowest BCUT2D eigenvalue weighted by molar-refractivity contribution is -0.129. The minimum absolute atomic E-state index is 0.0724. The minimum atomic E-state index is -1.23. The van der Waals surface area contributed by atoms with Crippen LogP contribution in [0.25, 0.3) is 0 Å². The molecule has 0 bridgehead atoms. The second-order valence-electron chi connectivity index (χ2n) is 2.66. The summed E-state index contributed by atoms with van der Waals surface area (Å²) in [5.74, 6) is -1.23. The molecule has 0 aromatic heterocycles. The maximum Gasteiger partial charge on any atom is 0.354 e. The first-order chi connectivity index (χ1) is 6.63. The molecular weight excluding hydrogens is 206 g/mol. The van der Waals surface area contributed by atoms with Crippen molar-refractivity contribution in [1.29, 1.82) is 0 Å². The highest BCUT2D eigenvalue weighted by Crippen LogP contribution is 2.10. The largest absolute Gasteiger partial charge is 0.477 e. The molecule has 0 saturated carbocycles. The molecule has 2 N–H and O–H groups in total. The summed E-state index contributed by atoms with van der Waals surface area (Å²) in [6.45, 7) is 0. The van der Waals surface area contributed by atoms with Crippen LogP contribution in [0.3, 0.4) is 0 Å². The fraction of sp³-hybridized carbons (Fsp3) is 0.111. The molecule has 0 aliphatic rings. The second kappa shape index (κ2) is 4.62. The maximum atomic E-state index is 10.5. The fourth-order valence-electron chi connectivity index (χ4n) is 0.949. The number of carbonyl (C=O) groups is 1. The molecule has 4 nitrogen and oxygen atoms in total. The molecule has 0 radical (unpaired) electrons. The highest BCUT2D eigenvalue weighted by molar-refractivity contribution is 6.35. The normalized spacial score (nSPS) is 11.4. The SMILES string of the molecule is O=C(O)C(Cc1ccc(Cl)cc1)=NO. The Hall–Kier alpha value is -1.55. The molecule has 14 heavy (non-hydrogen) atoms. The number of benzene rings is 1. The zero-order valence-corrected chi connectivity index (χ0v) is 7.90. The van der Waals surface area contributed by atoms with Crippen LogP contribution in [0, 0.1) is 0 Å². The summed E-state index contributed by atoms with van der Waals surface area (Å²) in [4.78, 5) is 10.5. The fourth-order valence-corrected chi connectivity index (χ4v) is 1.08. The molecule has 0 spiro atoms. The number of nitrogens with zero attached hydrogens (tertiary/aromatic N) is 1. The van der Waals surface area contributed by atoms with E-state index in [2.05, 4.69) is 5.16 Å². The first kappa shape index (κ1) is 10.5. The summed E-state index contributed by atoms with van der Waals surface area (Å²) in [6, 6.07) is 6.65. The van der Waals surface area contributed by atoms with Crippen molar-refractivity contribution in [2.75, 3.05) is 0 Å². The first-order valence-corrected chi connectivity index (χ1v) is 4.20. The summed E-state index contributed by atoms with van der Waals surface area (Å²) >= 11 is 5.65. The Kier molecular flexibility index (Phi) is 3.48. The van der Waals surface area contributed by atoms with Gasteiger partial charge in [0.1, 0.15) is 0 Å². The Morgan fingerprint density at radius 3 is 2.36 bits per heavy atom. The average Bonchev–Trinajstić information content (AvgIpc) is 2.16. The molecule has 0 unspecified atom stereocenters. The van der Waals surface area contributed by atoms with Gasteiger partial charge < -0.3 is 10.3 Å². The van der Waals surface area contributed by atoms with Crippen molar-refractivity contribution in [3.05, 3.63) is 34.9 Å². The van der Waals surface area contributed by atoms with Gasteiger partial charge in [-0.3, -0.25) is 0 Å². The van der Waals surface area contributed by atoms with Gasteiger partial charge in [0.25, 0.3) is 0 Å². The monoisotopic (exact) mass is 213 g/mol. The molecule has 0 aliphatic carbocycles. The Morgan fingerprint density at radius 2 is 1.93 bits per heavy atom. The number of hydrogen-bond donors (Lipinski definition) is 2. The topological polar surface area (TPSA) is 69.9 Å². The molecule has 0 atom stereocenters. The average molecular weight is 214 g/mol. The van der Waals surface area contributed by atoms with Gasteiger partial charge in [-0.15, -0.1) is 0 Å². The summed E-state index contributed by atoms with van der Waals surface area (Å²) in [6.07, 6.45) is 0.0724. The van der Waals surface area contributed by atoms with E-state index in [0.717, 1.165) is 5.56 Å². The molecule has 74 valence electrons. The molecule has 0 aliphatic heterocycles. The van der Waals surface area contributed by atoms with E-state index >= 15 is 0 Å². The van der Waals surface area contributed by atoms with E-state index in [1.165, 1.54) is 0 Å². The zero-order valence-electron chi connectivity index (χ0n) is 7.14. The van der Waals surface area contributed by atoms with Gasteiger partial charge in [0, 0.05) is 11.4 Å². The Balaban J connectivity index is 2.78. The lowest BCUT2D eigenvalue weighted by Gasteiger charge is -1.99. The van der Waals surface area contributed by atoms with Crippen LogP contribution in [0.4, 0.5) is 0 Å². The molecule has 1 aromatic carbocycles. The van der Waals surface area contributed by atoms with E-state index in [1.807, 2.05) is 0 Å². The highest BCUT2D eigenvalue weighted by atomic mass is 35.5. The number of hydrogen-bond acceptors (Lipinski definition) is 3. The maximum absolute atomic E-state index is 10.5. The van der Waals surface area contributed by atoms with Gasteiger partial charge in [0.2, 0.25) is 0 Å². The zero-order chi connectivity index (χ0) is 10.6. The summed E-state index contributed by atoms with van der Waals surface area (Å²) in [5, 5.41) is 20.2. The predicted octanol–water partition coefficient (Wildman–Crippen LogP) is 1.80. The summed E-state index contributed by atoms with van der Waals surface area (Å²) in [5.41, 5.74) is 0.428. The van der Waals surface area contributed by atoms with E-state index in [9.17, 15) is 4.79 Å². The van der Waals surface area contributed by atoms with E-state index < -0.39 is 5.97 Å². The molecule has 0 saturated heterocycles. The third-order valence-corrected chi connectivity index (χ3v) is 1.90. The summed E-state index contributed by atoms with van der Waals surface area (Å²) in [7, 11) is 0. The second-order valence-corrected chi connectivity index (χ2v) is 3.09. The predicted molar refractivity (Wildman–Crippen MR) is 52.0 cm³/mol. The van der Waals surface area contributed by atoms with Gasteiger partial charge in [-0.1, -0.05) is 28.9 Å². The number of halogens is 1. The van der Waals surface area contributed by atoms with Crippen LogP contribution in [-0.2, 0) is 11.2 Å². The molecule has 1 aromatic rings. The van der Waals surface area contributed by atoms with Gasteiger partial charge in [-0.2, -0.15) is 0 Å². The van der Waals surface area contributed by atoms with Crippen LogP contribution in [0.2, 0.25) is 5.02 Å². The third-order valence-electron chi connectivity index (χ3n) is 1.65. The van der Waals surface area contributed by atoms with Gasteiger partial charge >= 0.3 is 5.97 Å². The minimum Gasteiger partial charge on any atom is -0.477 e. The van der Waals surface area contributed by atoms with Crippen molar-refractivity contribution in [2.24, 2.45) is 5.16 Å². The first-order valence-electron chi connectivity index (χ1n) is 3.82. The lowest BCUT2D eigenvalue weighted by atomic mass is 10.1. The molecular formula is C9H8ClNO3. The molecule has 0 amide bonds. The molecule has 5 heteroatoms. The van der Waals surface area contributed by atoms with Gasteiger partial charge in [-0.25, -0.2) is 4.79 Å². The Labute approximate surface area is 85.4 Å². The van der Waals surface area contributed by atoms with Crippen molar-refractivity contribution in [3.63, 3.8) is 0 Å². The van der Waals surface area contributed by atoms with Crippen LogP contribution >= 0.6 is 11.6 Å². The van der Waals surface area contributed by atoms with Crippen LogP contribution in [-0.4, -0.2) is 22.0 Å². The summed E-state index contributed by atoms with van der Waals surface area (Å²) < 4.78 is 0. The van der Waals surface area contributed by atoms with Crippen molar-refractivity contribution < 1.29 is 15.1 Å². The standard InChI is InChI=1S/C9H8ClNO3/c10-7-3-1-6(2-4-7)5-8(11-14)9(12)13/h1-4,14H,5H2,(H,12,13). The molecule has 0 fully saturated rings. The number of rotatable bonds is 3. The van der Waals surface area contributed by atoms with Gasteiger partial charge in [0.15, 0.2) is 5.71 Å². The van der Waals surface area contributed by atoms with Crippen LogP contribution in [0.15, 0.2) is 29.4 Å². The van der Waals surface area contributed by atoms with E-state index in [4.69, 9.17) is 21.9 Å². The lowest BCUT2D eigenvalue weighted by Crippen LogP contribution is -2.15. The van der Waals surface area contributed by atoms with Crippen molar-refractivity contribution in [2.45, 2.75) is 6.42 Å². The highest BCUT2D eigenvalue weighted by Gasteiger charge is 2.10. The molecule has 1 rings (SSSR count). The van der Waals surface area contributed by atoms with E-state index in [1.54, 1.807) is 24.3 Å². The van der Waals surface area contributed by atoms with Crippen LogP contribution < -0.4 is 0 Å². The third kappa shape index (κ3) is 2.74. The van der Waals surface area contributed by atoms with Crippen LogP contribution in [0.5, 0.6) is 0 Å². The number of oxime groups is 1. The van der Waals surface area contributed by atoms with E-state index in [-0.39, 0.29) is 12.1 Å². The van der Waals surface area contributed by atoms with Crippen molar-refractivity contribution in [1.82, 2.24) is 0 Å². The Morgan fingerprint density at radius 1 is 1.36 bits per heavy atom. The van der Waals surface area contributed by atoms with Gasteiger partial charge in [-0.05, 0) is 17.7 Å². The quantitative estimate of drug-likeness (QED) is 0.457. The van der Waals surface area contributed by atoms with Crippen molar-refractivity contribution in [3.8, 4) is 0 Å². The molecule has 0 heterocycles. The number of carboxylic acids is 1.